The third-order valence-corrected chi connectivity index (χ3v) is 3.15. The van der Waals surface area contributed by atoms with E-state index in [1.165, 1.54) is 6.07 Å². The van der Waals surface area contributed by atoms with Gasteiger partial charge in [0.2, 0.25) is 0 Å². The summed E-state index contributed by atoms with van der Waals surface area (Å²) in [5.74, 6) is 0.572. The van der Waals surface area contributed by atoms with Gasteiger partial charge in [-0.1, -0.05) is 55.2 Å². The number of rotatable bonds is 3. The van der Waals surface area contributed by atoms with E-state index in [0.717, 1.165) is 0 Å². The molecule has 2 nitrogen and oxygen atoms in total. The first-order valence-corrected chi connectivity index (χ1v) is 6.71. The number of hydrogen-bond donors (Lipinski definition) is 0. The van der Waals surface area contributed by atoms with Gasteiger partial charge in [-0.25, -0.2) is 14.4 Å². The minimum atomic E-state index is -0.397. The number of halogens is 3. The van der Waals surface area contributed by atoms with Crippen LogP contribution in [0, 0.1) is 11.7 Å². The van der Waals surface area contributed by atoms with Crippen molar-refractivity contribution < 1.29 is 4.39 Å². The molecule has 0 aliphatic heterocycles. The average molecular weight is 299 g/mol. The summed E-state index contributed by atoms with van der Waals surface area (Å²) in [5.41, 5.74) is 0.655. The van der Waals surface area contributed by atoms with Gasteiger partial charge in [-0.2, -0.15) is 0 Å². The van der Waals surface area contributed by atoms with Gasteiger partial charge in [0, 0.05) is 12.0 Å². The summed E-state index contributed by atoms with van der Waals surface area (Å²) in [6.07, 6.45) is 0.678. The van der Waals surface area contributed by atoms with Crippen LogP contribution in [0.2, 0.25) is 10.3 Å². The maximum Gasteiger partial charge on any atom is 0.142 e. The van der Waals surface area contributed by atoms with E-state index in [0.29, 0.717) is 29.3 Å². The van der Waals surface area contributed by atoms with Gasteiger partial charge in [-0.3, -0.25) is 0 Å². The van der Waals surface area contributed by atoms with Crippen LogP contribution in [0.1, 0.15) is 19.7 Å². The maximum atomic E-state index is 13.8. The molecule has 0 radical (unpaired) electrons. The SMILES string of the molecule is CC(C)Cc1nc(Cl)c(-c2ccccc2F)c(Cl)n1. The molecular weight excluding hydrogens is 286 g/mol. The fourth-order valence-electron chi connectivity index (χ4n) is 1.79. The molecule has 1 heterocycles. The first-order valence-electron chi connectivity index (χ1n) is 5.96. The summed E-state index contributed by atoms with van der Waals surface area (Å²) >= 11 is 12.2. The lowest BCUT2D eigenvalue weighted by Crippen LogP contribution is -2.03. The van der Waals surface area contributed by atoms with Gasteiger partial charge >= 0.3 is 0 Å². The van der Waals surface area contributed by atoms with E-state index in [4.69, 9.17) is 23.2 Å². The van der Waals surface area contributed by atoms with Crippen LogP contribution in [0.15, 0.2) is 24.3 Å². The Balaban J connectivity index is 2.51. The van der Waals surface area contributed by atoms with Crippen LogP contribution >= 0.6 is 23.2 Å². The molecule has 0 spiro atoms. The fraction of sp³-hybridized carbons (Fsp3) is 0.286. The molecule has 0 aliphatic carbocycles. The van der Waals surface area contributed by atoms with Crippen LogP contribution in [0.4, 0.5) is 4.39 Å². The Morgan fingerprint density at radius 3 is 2.21 bits per heavy atom. The Kier molecular flexibility index (Phi) is 4.38. The van der Waals surface area contributed by atoms with Crippen LogP contribution in [0.3, 0.4) is 0 Å². The molecule has 0 atom stereocenters. The van der Waals surface area contributed by atoms with Crippen molar-refractivity contribution in [2.24, 2.45) is 5.92 Å². The lowest BCUT2D eigenvalue weighted by Gasteiger charge is -2.10. The summed E-state index contributed by atoms with van der Waals surface area (Å²) in [5, 5.41) is 0.363. The number of nitrogens with zero attached hydrogens (tertiary/aromatic N) is 2. The zero-order chi connectivity index (χ0) is 14.0. The third-order valence-electron chi connectivity index (χ3n) is 2.60. The second kappa shape index (κ2) is 5.85. The molecule has 0 saturated carbocycles. The number of hydrogen-bond acceptors (Lipinski definition) is 2. The second-order valence-electron chi connectivity index (χ2n) is 4.67. The standard InChI is InChI=1S/C14H13Cl2FN2/c1-8(2)7-11-18-13(15)12(14(16)19-11)9-5-3-4-6-10(9)17/h3-6,8H,7H2,1-2H3. The summed E-state index contributed by atoms with van der Waals surface area (Å²) in [6, 6.07) is 6.28. The molecule has 0 bridgehead atoms. The highest BCUT2D eigenvalue weighted by molar-refractivity contribution is 6.37. The monoisotopic (exact) mass is 298 g/mol. The zero-order valence-corrected chi connectivity index (χ0v) is 12.1. The van der Waals surface area contributed by atoms with Gasteiger partial charge in [-0.05, 0) is 12.0 Å². The Morgan fingerprint density at radius 2 is 1.68 bits per heavy atom. The highest BCUT2D eigenvalue weighted by Gasteiger charge is 2.16. The minimum absolute atomic E-state index is 0.181. The van der Waals surface area contributed by atoms with E-state index in [-0.39, 0.29) is 10.3 Å². The number of aromatic nitrogens is 2. The molecule has 0 N–H and O–H groups in total. The van der Waals surface area contributed by atoms with Crippen molar-refractivity contribution in [3.63, 3.8) is 0 Å². The highest BCUT2D eigenvalue weighted by Crippen LogP contribution is 2.34. The van der Waals surface area contributed by atoms with Crippen molar-refractivity contribution in [1.29, 1.82) is 0 Å². The molecule has 5 heteroatoms. The summed E-state index contributed by atoms with van der Waals surface area (Å²) in [7, 11) is 0. The summed E-state index contributed by atoms with van der Waals surface area (Å²) < 4.78 is 13.8. The van der Waals surface area contributed by atoms with E-state index in [1.807, 2.05) is 0 Å². The Hall–Kier alpha value is -1.19. The Labute approximate surface area is 121 Å². The molecule has 1 aromatic heterocycles. The Morgan fingerprint density at radius 1 is 1.11 bits per heavy atom. The minimum Gasteiger partial charge on any atom is -0.220 e. The molecule has 0 fully saturated rings. The molecule has 100 valence electrons. The summed E-state index contributed by atoms with van der Waals surface area (Å²) in [4.78, 5) is 8.39. The van der Waals surface area contributed by atoms with Gasteiger partial charge in [-0.15, -0.1) is 0 Å². The van der Waals surface area contributed by atoms with E-state index < -0.39 is 5.82 Å². The normalized spacial score (nSPS) is 11.1. The lowest BCUT2D eigenvalue weighted by atomic mass is 10.1. The summed E-state index contributed by atoms with van der Waals surface area (Å²) in [6.45, 7) is 4.10. The predicted molar refractivity (Wildman–Crippen MR) is 76.0 cm³/mol. The van der Waals surface area contributed by atoms with Crippen molar-refractivity contribution in [1.82, 2.24) is 9.97 Å². The molecule has 0 saturated heterocycles. The molecule has 2 rings (SSSR count). The predicted octanol–water partition coefficient (Wildman–Crippen LogP) is 4.79. The second-order valence-corrected chi connectivity index (χ2v) is 5.39. The smallest absolute Gasteiger partial charge is 0.142 e. The molecule has 0 unspecified atom stereocenters. The van der Waals surface area contributed by atoms with Crippen molar-refractivity contribution in [3.05, 3.63) is 46.2 Å². The van der Waals surface area contributed by atoms with Crippen LogP contribution in [-0.4, -0.2) is 9.97 Å². The van der Waals surface area contributed by atoms with Gasteiger partial charge in [0.15, 0.2) is 0 Å². The van der Waals surface area contributed by atoms with Crippen molar-refractivity contribution >= 4 is 23.2 Å². The van der Waals surface area contributed by atoms with Crippen LogP contribution in [0.5, 0.6) is 0 Å². The zero-order valence-electron chi connectivity index (χ0n) is 10.6. The van der Waals surface area contributed by atoms with Crippen LogP contribution in [-0.2, 0) is 6.42 Å². The molecule has 2 aromatic rings. The van der Waals surface area contributed by atoms with Crippen molar-refractivity contribution in [2.75, 3.05) is 0 Å². The first kappa shape index (κ1) is 14.2. The average Bonchev–Trinajstić information content (AvgIpc) is 2.29. The van der Waals surface area contributed by atoms with Crippen molar-refractivity contribution in [3.8, 4) is 11.1 Å². The fourth-order valence-corrected chi connectivity index (χ4v) is 2.42. The van der Waals surface area contributed by atoms with Gasteiger partial charge < -0.3 is 0 Å². The van der Waals surface area contributed by atoms with Gasteiger partial charge in [0.25, 0.3) is 0 Å². The molecule has 1 aromatic carbocycles. The van der Waals surface area contributed by atoms with E-state index >= 15 is 0 Å². The maximum absolute atomic E-state index is 13.8. The Bertz CT molecular complexity index is 577. The molecule has 0 amide bonds. The van der Waals surface area contributed by atoms with Gasteiger partial charge in [0.05, 0.1) is 5.56 Å². The highest BCUT2D eigenvalue weighted by atomic mass is 35.5. The molecule has 19 heavy (non-hydrogen) atoms. The topological polar surface area (TPSA) is 25.8 Å². The first-order chi connectivity index (χ1) is 8.99. The molecular formula is C14H13Cl2FN2. The number of benzene rings is 1. The van der Waals surface area contributed by atoms with E-state index in [1.54, 1.807) is 18.2 Å². The van der Waals surface area contributed by atoms with Gasteiger partial charge in [0.1, 0.15) is 21.9 Å². The van der Waals surface area contributed by atoms with Crippen LogP contribution < -0.4 is 0 Å². The van der Waals surface area contributed by atoms with E-state index in [2.05, 4.69) is 23.8 Å². The lowest BCUT2D eigenvalue weighted by molar-refractivity contribution is 0.619. The third kappa shape index (κ3) is 3.23. The molecule has 0 aliphatic rings. The quantitative estimate of drug-likeness (QED) is 0.762. The van der Waals surface area contributed by atoms with Crippen molar-refractivity contribution in [2.45, 2.75) is 20.3 Å². The van der Waals surface area contributed by atoms with E-state index in [9.17, 15) is 4.39 Å². The van der Waals surface area contributed by atoms with Crippen LogP contribution in [0.25, 0.3) is 11.1 Å². The largest absolute Gasteiger partial charge is 0.220 e.